The van der Waals surface area contributed by atoms with E-state index in [9.17, 15) is 4.79 Å². The summed E-state index contributed by atoms with van der Waals surface area (Å²) in [7, 11) is 3.22. The monoisotopic (exact) mass is 297 g/mol. The first-order valence-corrected chi connectivity index (χ1v) is 6.77. The quantitative estimate of drug-likeness (QED) is 0.517. The van der Waals surface area contributed by atoms with Crippen molar-refractivity contribution in [1.29, 1.82) is 0 Å². The Morgan fingerprint density at radius 2 is 2.00 bits per heavy atom. The van der Waals surface area contributed by atoms with Gasteiger partial charge >= 0.3 is 6.09 Å². The summed E-state index contributed by atoms with van der Waals surface area (Å²) in [6, 6.07) is 9.54. The number of methoxy groups -OCH3 is 1. The van der Waals surface area contributed by atoms with Crippen LogP contribution in [0.25, 0.3) is 0 Å². The zero-order valence-electron chi connectivity index (χ0n) is 12.8. The first kappa shape index (κ1) is 17.4. The van der Waals surface area contributed by atoms with Gasteiger partial charge in [0.15, 0.2) is 6.29 Å². The molecule has 0 spiro atoms. The summed E-state index contributed by atoms with van der Waals surface area (Å²) in [6.45, 7) is 2.96. The van der Waals surface area contributed by atoms with Gasteiger partial charge in [-0.2, -0.15) is 0 Å². The lowest BCUT2D eigenvalue weighted by Gasteiger charge is -2.17. The molecule has 0 aliphatic heterocycles. The van der Waals surface area contributed by atoms with Crippen LogP contribution in [0.3, 0.4) is 0 Å². The highest BCUT2D eigenvalue weighted by Gasteiger charge is 2.09. The Labute approximate surface area is 125 Å². The van der Waals surface area contributed by atoms with Crippen LogP contribution in [0.1, 0.15) is 12.5 Å². The number of carbonyl (C=O) groups excluding carboxylic acids is 1. The molecule has 0 radical (unpaired) electrons. The number of ether oxygens (including phenoxy) is 4. The minimum Gasteiger partial charge on any atom is -0.445 e. The molecule has 21 heavy (non-hydrogen) atoms. The van der Waals surface area contributed by atoms with Gasteiger partial charge in [0.25, 0.3) is 0 Å². The Balaban J connectivity index is 2.11. The molecule has 1 aromatic carbocycles. The molecule has 118 valence electrons. The van der Waals surface area contributed by atoms with Crippen molar-refractivity contribution >= 4 is 6.09 Å². The fourth-order valence-electron chi connectivity index (χ4n) is 1.39. The van der Waals surface area contributed by atoms with E-state index in [1.807, 2.05) is 30.3 Å². The zero-order valence-corrected chi connectivity index (χ0v) is 12.8. The predicted molar refractivity (Wildman–Crippen MR) is 77.6 cm³/mol. The Hall–Kier alpha value is -1.63. The van der Waals surface area contributed by atoms with E-state index in [-0.39, 0.29) is 25.8 Å². The summed E-state index contributed by atoms with van der Waals surface area (Å²) in [5, 5.41) is 0. The number of carbonyl (C=O) groups is 1. The molecule has 0 aromatic heterocycles. The molecule has 1 atom stereocenters. The Kier molecular flexibility index (Phi) is 8.42. The number of likely N-dealkylation sites (N-methyl/N-ethyl adjacent to an activating group) is 1. The summed E-state index contributed by atoms with van der Waals surface area (Å²) in [6.07, 6.45) is -0.688. The van der Waals surface area contributed by atoms with E-state index in [1.165, 1.54) is 4.90 Å². The Morgan fingerprint density at radius 3 is 2.67 bits per heavy atom. The second-order valence-electron chi connectivity index (χ2n) is 4.46. The summed E-state index contributed by atoms with van der Waals surface area (Å²) in [5.74, 6) is 0. The SMILES string of the molecule is COC(C)OCOCCN(C)C(=O)OCc1ccccc1. The molecule has 1 amide bonds. The van der Waals surface area contributed by atoms with Crippen LogP contribution >= 0.6 is 0 Å². The lowest BCUT2D eigenvalue weighted by Crippen LogP contribution is -2.31. The van der Waals surface area contributed by atoms with Gasteiger partial charge in [0, 0.05) is 20.7 Å². The smallest absolute Gasteiger partial charge is 0.409 e. The van der Waals surface area contributed by atoms with Crippen LogP contribution in [-0.4, -0.2) is 51.4 Å². The van der Waals surface area contributed by atoms with Gasteiger partial charge in [0.05, 0.1) is 6.61 Å². The number of rotatable bonds is 9. The van der Waals surface area contributed by atoms with Crippen molar-refractivity contribution in [1.82, 2.24) is 4.90 Å². The number of hydrogen-bond acceptors (Lipinski definition) is 5. The van der Waals surface area contributed by atoms with Crippen molar-refractivity contribution in [3.05, 3.63) is 35.9 Å². The topological polar surface area (TPSA) is 57.2 Å². The second kappa shape index (κ2) is 10.1. The van der Waals surface area contributed by atoms with Crippen molar-refractivity contribution < 1.29 is 23.7 Å². The minimum atomic E-state index is -0.381. The summed E-state index contributed by atoms with van der Waals surface area (Å²) < 4.78 is 20.5. The van der Waals surface area contributed by atoms with E-state index < -0.39 is 0 Å². The summed E-state index contributed by atoms with van der Waals surface area (Å²) in [4.78, 5) is 13.2. The van der Waals surface area contributed by atoms with Crippen LogP contribution in [0.2, 0.25) is 0 Å². The minimum absolute atomic E-state index is 0.127. The van der Waals surface area contributed by atoms with Crippen molar-refractivity contribution in [3.63, 3.8) is 0 Å². The van der Waals surface area contributed by atoms with E-state index in [4.69, 9.17) is 18.9 Å². The molecule has 1 unspecified atom stereocenters. The molecular formula is C15H23NO5. The van der Waals surface area contributed by atoms with E-state index in [0.717, 1.165) is 5.56 Å². The molecular weight excluding hydrogens is 274 g/mol. The maximum atomic E-state index is 11.7. The van der Waals surface area contributed by atoms with Crippen molar-refractivity contribution in [3.8, 4) is 0 Å². The average molecular weight is 297 g/mol. The number of nitrogens with zero attached hydrogens (tertiary/aromatic N) is 1. The van der Waals surface area contributed by atoms with E-state index in [1.54, 1.807) is 21.1 Å². The van der Waals surface area contributed by atoms with E-state index >= 15 is 0 Å². The van der Waals surface area contributed by atoms with Crippen LogP contribution < -0.4 is 0 Å². The lowest BCUT2D eigenvalue weighted by atomic mass is 10.2. The van der Waals surface area contributed by atoms with Crippen molar-refractivity contribution in [2.75, 3.05) is 34.1 Å². The zero-order chi connectivity index (χ0) is 15.5. The Morgan fingerprint density at radius 1 is 1.29 bits per heavy atom. The second-order valence-corrected chi connectivity index (χ2v) is 4.46. The lowest BCUT2D eigenvalue weighted by molar-refractivity contribution is -0.174. The molecule has 0 aliphatic carbocycles. The van der Waals surface area contributed by atoms with Gasteiger partial charge in [-0.25, -0.2) is 4.79 Å². The average Bonchev–Trinajstić information content (AvgIpc) is 2.52. The third-order valence-electron chi connectivity index (χ3n) is 2.81. The molecule has 0 N–H and O–H groups in total. The first-order valence-electron chi connectivity index (χ1n) is 6.77. The maximum Gasteiger partial charge on any atom is 0.409 e. The van der Waals surface area contributed by atoms with Crippen LogP contribution in [0.4, 0.5) is 4.79 Å². The highest BCUT2D eigenvalue weighted by atomic mass is 16.7. The van der Waals surface area contributed by atoms with Gasteiger partial charge in [-0.1, -0.05) is 30.3 Å². The van der Waals surface area contributed by atoms with Crippen LogP contribution in [0.15, 0.2) is 30.3 Å². The summed E-state index contributed by atoms with van der Waals surface area (Å²) >= 11 is 0. The van der Waals surface area contributed by atoms with Crippen LogP contribution in [0.5, 0.6) is 0 Å². The molecule has 6 heteroatoms. The fraction of sp³-hybridized carbons (Fsp3) is 0.533. The standard InChI is InChI=1S/C15H23NO5/c1-13(18-3)21-12-19-10-9-16(2)15(17)20-11-14-7-5-4-6-8-14/h4-8,13H,9-12H2,1-3H3. The van der Waals surface area contributed by atoms with Crippen LogP contribution in [-0.2, 0) is 25.6 Å². The molecule has 0 fully saturated rings. The van der Waals surface area contributed by atoms with E-state index in [0.29, 0.717) is 13.2 Å². The Bertz CT molecular complexity index is 398. The largest absolute Gasteiger partial charge is 0.445 e. The van der Waals surface area contributed by atoms with Crippen molar-refractivity contribution in [2.24, 2.45) is 0 Å². The molecule has 1 aromatic rings. The maximum absolute atomic E-state index is 11.7. The summed E-state index contributed by atoms with van der Waals surface area (Å²) in [5.41, 5.74) is 0.956. The fourth-order valence-corrected chi connectivity index (χ4v) is 1.39. The van der Waals surface area contributed by atoms with Crippen molar-refractivity contribution in [2.45, 2.75) is 19.8 Å². The first-order chi connectivity index (χ1) is 10.1. The number of amides is 1. The normalized spacial score (nSPS) is 12.0. The number of hydrogen-bond donors (Lipinski definition) is 0. The molecule has 6 nitrogen and oxygen atoms in total. The van der Waals surface area contributed by atoms with Gasteiger partial charge in [0.1, 0.15) is 13.4 Å². The van der Waals surface area contributed by atoms with E-state index in [2.05, 4.69) is 0 Å². The molecule has 0 saturated carbocycles. The predicted octanol–water partition coefficient (Wildman–Crippen LogP) is 2.24. The van der Waals surface area contributed by atoms with Crippen LogP contribution in [0, 0.1) is 0 Å². The van der Waals surface area contributed by atoms with Gasteiger partial charge in [-0.15, -0.1) is 0 Å². The van der Waals surface area contributed by atoms with Gasteiger partial charge in [0.2, 0.25) is 0 Å². The molecule has 0 bridgehead atoms. The molecule has 0 aliphatic rings. The highest BCUT2D eigenvalue weighted by Crippen LogP contribution is 2.02. The van der Waals surface area contributed by atoms with Gasteiger partial charge < -0.3 is 23.8 Å². The highest BCUT2D eigenvalue weighted by molar-refractivity contribution is 5.67. The molecule has 0 saturated heterocycles. The van der Waals surface area contributed by atoms with Gasteiger partial charge in [-0.3, -0.25) is 0 Å². The third-order valence-corrected chi connectivity index (χ3v) is 2.81. The molecule has 1 rings (SSSR count). The number of benzene rings is 1. The third kappa shape index (κ3) is 7.65. The molecule has 0 heterocycles. The van der Waals surface area contributed by atoms with Gasteiger partial charge in [-0.05, 0) is 12.5 Å².